The van der Waals surface area contributed by atoms with Gasteiger partial charge in [-0.05, 0) is 43.3 Å². The number of rotatable bonds is 9. The number of carbonyl (C=O) groups excluding carboxylic acids is 1. The molecule has 2 N–H and O–H groups in total. The maximum Gasteiger partial charge on any atom is 0.265 e. The minimum atomic E-state index is -3.60. The van der Waals surface area contributed by atoms with Gasteiger partial charge >= 0.3 is 0 Å². The highest BCUT2D eigenvalue weighted by Gasteiger charge is 2.18. The molecule has 1 unspecified atom stereocenters. The fourth-order valence-corrected chi connectivity index (χ4v) is 3.17. The molecular formula is C19H22N2O5S. The summed E-state index contributed by atoms with van der Waals surface area (Å²) >= 11 is 0. The number of amides is 1. The Labute approximate surface area is 159 Å². The molecule has 0 heterocycles. The van der Waals surface area contributed by atoms with Crippen LogP contribution >= 0.6 is 0 Å². The number of nitrogens with one attached hydrogen (secondary N) is 2. The molecule has 1 atom stereocenters. The maximum absolute atomic E-state index is 12.3. The topological polar surface area (TPSA) is 93.7 Å². The number of ether oxygens (including phenoxy) is 2. The summed E-state index contributed by atoms with van der Waals surface area (Å²) in [6.07, 6.45) is 0.675. The van der Waals surface area contributed by atoms with Crippen molar-refractivity contribution in [1.82, 2.24) is 4.72 Å². The Balaban J connectivity index is 2.02. The Bertz CT molecular complexity index is 895. The molecule has 7 nitrogen and oxygen atoms in total. The smallest absolute Gasteiger partial charge is 0.265 e. The van der Waals surface area contributed by atoms with E-state index in [1.807, 2.05) is 0 Å². The lowest BCUT2D eigenvalue weighted by molar-refractivity contribution is -0.122. The van der Waals surface area contributed by atoms with Gasteiger partial charge in [-0.25, -0.2) is 13.1 Å². The van der Waals surface area contributed by atoms with E-state index in [4.69, 9.17) is 9.47 Å². The monoisotopic (exact) mass is 390 g/mol. The Kier molecular flexibility index (Phi) is 6.98. The van der Waals surface area contributed by atoms with Crippen molar-refractivity contribution in [3.05, 3.63) is 61.2 Å². The lowest BCUT2D eigenvalue weighted by atomic mass is 10.3. The standard InChI is InChI=1S/C19H22N2O5S/c1-4-13-20-27(23,24)16-11-9-15(10-12-16)21-19(22)14(2)26-18-8-6-5-7-17(18)25-3/h4-12,14,20H,1,13H2,2-3H3,(H,21,22). The quantitative estimate of drug-likeness (QED) is 0.642. The molecule has 0 bridgehead atoms. The molecule has 2 aromatic rings. The zero-order valence-corrected chi connectivity index (χ0v) is 16.0. The highest BCUT2D eigenvalue weighted by atomic mass is 32.2. The lowest BCUT2D eigenvalue weighted by Crippen LogP contribution is -2.30. The van der Waals surface area contributed by atoms with Crippen LogP contribution in [0.25, 0.3) is 0 Å². The highest BCUT2D eigenvalue weighted by molar-refractivity contribution is 7.89. The third kappa shape index (κ3) is 5.57. The molecule has 0 radical (unpaired) electrons. The van der Waals surface area contributed by atoms with Gasteiger partial charge in [0.15, 0.2) is 17.6 Å². The van der Waals surface area contributed by atoms with Crippen molar-refractivity contribution in [2.45, 2.75) is 17.9 Å². The zero-order valence-electron chi connectivity index (χ0n) is 15.1. The molecule has 0 aliphatic heterocycles. The summed E-state index contributed by atoms with van der Waals surface area (Å²) in [5.74, 6) is 0.609. The van der Waals surface area contributed by atoms with Crippen LogP contribution in [-0.2, 0) is 14.8 Å². The van der Waals surface area contributed by atoms with E-state index >= 15 is 0 Å². The number of carbonyl (C=O) groups is 1. The molecule has 0 spiro atoms. The molecule has 0 saturated carbocycles. The number of sulfonamides is 1. The largest absolute Gasteiger partial charge is 0.493 e. The fraction of sp³-hybridized carbons (Fsp3) is 0.211. The van der Waals surface area contributed by atoms with Gasteiger partial charge in [-0.1, -0.05) is 18.2 Å². The third-order valence-electron chi connectivity index (χ3n) is 3.59. The number of hydrogen-bond acceptors (Lipinski definition) is 5. The molecule has 2 aromatic carbocycles. The van der Waals surface area contributed by atoms with Crippen LogP contribution in [0.1, 0.15) is 6.92 Å². The third-order valence-corrected chi connectivity index (χ3v) is 5.03. The number of anilines is 1. The van der Waals surface area contributed by atoms with Crippen LogP contribution in [0.4, 0.5) is 5.69 Å². The van der Waals surface area contributed by atoms with Gasteiger partial charge in [-0.3, -0.25) is 4.79 Å². The zero-order chi connectivity index (χ0) is 19.9. The average molecular weight is 390 g/mol. The fourth-order valence-electron chi connectivity index (χ4n) is 2.17. The predicted molar refractivity (Wildman–Crippen MR) is 104 cm³/mol. The number of methoxy groups -OCH3 is 1. The van der Waals surface area contributed by atoms with E-state index in [1.165, 1.54) is 37.5 Å². The second-order valence-corrected chi connectivity index (χ2v) is 7.33. The highest BCUT2D eigenvalue weighted by Crippen LogP contribution is 2.27. The first kappa shape index (κ1) is 20.5. The normalized spacial score (nSPS) is 12.1. The van der Waals surface area contributed by atoms with E-state index in [0.717, 1.165) is 0 Å². The van der Waals surface area contributed by atoms with Gasteiger partial charge in [0.1, 0.15) is 0 Å². The molecule has 0 aromatic heterocycles. The van der Waals surface area contributed by atoms with Crippen molar-refractivity contribution in [1.29, 1.82) is 0 Å². The van der Waals surface area contributed by atoms with Crippen LogP contribution < -0.4 is 19.5 Å². The second kappa shape index (κ2) is 9.20. The minimum Gasteiger partial charge on any atom is -0.493 e. The van der Waals surface area contributed by atoms with Crippen LogP contribution in [0.3, 0.4) is 0 Å². The summed E-state index contributed by atoms with van der Waals surface area (Å²) in [4.78, 5) is 12.4. The summed E-state index contributed by atoms with van der Waals surface area (Å²) in [6, 6.07) is 12.9. The second-order valence-electron chi connectivity index (χ2n) is 5.57. The van der Waals surface area contributed by atoms with Gasteiger partial charge in [-0.2, -0.15) is 0 Å². The van der Waals surface area contributed by atoms with E-state index in [-0.39, 0.29) is 17.3 Å². The van der Waals surface area contributed by atoms with Crippen LogP contribution in [0, 0.1) is 0 Å². The SMILES string of the molecule is C=CCNS(=O)(=O)c1ccc(NC(=O)C(C)Oc2ccccc2OC)cc1. The Morgan fingerprint density at radius 1 is 1.15 bits per heavy atom. The molecule has 27 heavy (non-hydrogen) atoms. The molecule has 0 aliphatic carbocycles. The van der Waals surface area contributed by atoms with Gasteiger partial charge in [0.2, 0.25) is 10.0 Å². The Morgan fingerprint density at radius 3 is 2.37 bits per heavy atom. The molecule has 0 aliphatic rings. The molecule has 144 valence electrons. The average Bonchev–Trinajstić information content (AvgIpc) is 2.67. The Hall–Kier alpha value is -2.84. The first-order valence-electron chi connectivity index (χ1n) is 8.18. The lowest BCUT2D eigenvalue weighted by Gasteiger charge is -2.16. The van der Waals surface area contributed by atoms with Gasteiger partial charge < -0.3 is 14.8 Å². The Morgan fingerprint density at radius 2 is 1.78 bits per heavy atom. The molecule has 0 saturated heterocycles. The summed E-state index contributed by atoms with van der Waals surface area (Å²) in [5.41, 5.74) is 0.457. The van der Waals surface area contributed by atoms with E-state index in [9.17, 15) is 13.2 Å². The van der Waals surface area contributed by atoms with E-state index in [2.05, 4.69) is 16.6 Å². The van der Waals surface area contributed by atoms with Crippen LogP contribution in [0.5, 0.6) is 11.5 Å². The first-order valence-corrected chi connectivity index (χ1v) is 9.67. The summed E-state index contributed by atoms with van der Waals surface area (Å²) in [5, 5.41) is 2.69. The maximum atomic E-state index is 12.3. The van der Waals surface area contributed by atoms with Gasteiger partial charge in [-0.15, -0.1) is 6.58 Å². The summed E-state index contributed by atoms with van der Waals surface area (Å²) < 4.78 is 37.2. The van der Waals surface area contributed by atoms with Crippen molar-refractivity contribution < 1.29 is 22.7 Å². The minimum absolute atomic E-state index is 0.0978. The van der Waals surface area contributed by atoms with E-state index < -0.39 is 16.1 Å². The van der Waals surface area contributed by atoms with Crippen LogP contribution in [0.15, 0.2) is 66.1 Å². The van der Waals surface area contributed by atoms with Crippen LogP contribution in [-0.4, -0.2) is 34.1 Å². The van der Waals surface area contributed by atoms with Gasteiger partial charge in [0.25, 0.3) is 5.91 Å². The predicted octanol–water partition coefficient (Wildman–Crippen LogP) is 2.57. The van der Waals surface area contributed by atoms with Crippen LogP contribution in [0.2, 0.25) is 0 Å². The van der Waals surface area contributed by atoms with Crippen molar-refractivity contribution in [3.8, 4) is 11.5 Å². The van der Waals surface area contributed by atoms with Crippen molar-refractivity contribution >= 4 is 21.6 Å². The number of para-hydroxylation sites is 2. The van der Waals surface area contributed by atoms with Crippen molar-refractivity contribution in [2.75, 3.05) is 19.0 Å². The summed E-state index contributed by atoms with van der Waals surface area (Å²) in [6.45, 7) is 5.22. The molecular weight excluding hydrogens is 368 g/mol. The first-order chi connectivity index (χ1) is 12.9. The molecule has 0 fully saturated rings. The van der Waals surface area contributed by atoms with Crippen molar-refractivity contribution in [3.63, 3.8) is 0 Å². The summed E-state index contributed by atoms with van der Waals surface area (Å²) in [7, 11) is -2.08. The number of hydrogen-bond donors (Lipinski definition) is 2. The molecule has 1 amide bonds. The van der Waals surface area contributed by atoms with E-state index in [0.29, 0.717) is 17.2 Å². The molecule has 8 heteroatoms. The molecule has 2 rings (SSSR count). The number of benzene rings is 2. The van der Waals surface area contributed by atoms with E-state index in [1.54, 1.807) is 31.2 Å². The van der Waals surface area contributed by atoms with Gasteiger partial charge in [0, 0.05) is 12.2 Å². The van der Waals surface area contributed by atoms with Crippen molar-refractivity contribution in [2.24, 2.45) is 0 Å². The van der Waals surface area contributed by atoms with Gasteiger partial charge in [0.05, 0.1) is 12.0 Å².